The number of hydrogen-bond donors (Lipinski definition) is 0. The Balaban J connectivity index is 0. The Hall–Kier alpha value is -1.39. The second-order valence-electron chi connectivity index (χ2n) is 7.01. The first kappa shape index (κ1) is 27.8. The van der Waals surface area contributed by atoms with E-state index in [0.29, 0.717) is 13.0 Å². The maximum atomic E-state index is 12.1. The van der Waals surface area contributed by atoms with Crippen LogP contribution in [0.3, 0.4) is 0 Å². The second-order valence-corrected chi connectivity index (χ2v) is 7.01. The topological polar surface area (TPSA) is 57.7 Å². The molecule has 0 saturated carbocycles. The summed E-state index contributed by atoms with van der Waals surface area (Å²) in [5, 5.41) is 0. The van der Waals surface area contributed by atoms with Crippen molar-refractivity contribution < 1.29 is 14.4 Å². The molecule has 1 fully saturated rings. The van der Waals surface area contributed by atoms with Crippen molar-refractivity contribution in [1.29, 1.82) is 0 Å². The zero-order valence-corrected chi connectivity index (χ0v) is 18.9. The largest absolute Gasteiger partial charge is 0.346 e. The van der Waals surface area contributed by atoms with Gasteiger partial charge in [-0.05, 0) is 31.6 Å². The molecule has 5 nitrogen and oxygen atoms in total. The lowest BCUT2D eigenvalue weighted by molar-refractivity contribution is -0.133. The number of piperidine rings is 1. The number of hydrogen-bond acceptors (Lipinski definition) is 3. The van der Waals surface area contributed by atoms with E-state index < -0.39 is 0 Å². The predicted octanol–water partition coefficient (Wildman–Crippen LogP) is 4.54. The van der Waals surface area contributed by atoms with Gasteiger partial charge < -0.3 is 14.6 Å². The first-order valence-electron chi connectivity index (χ1n) is 10.9. The molecule has 0 aromatic heterocycles. The third-order valence-electron chi connectivity index (χ3n) is 4.68. The van der Waals surface area contributed by atoms with Crippen molar-refractivity contribution in [2.24, 2.45) is 11.8 Å². The number of unbranched alkanes of at least 4 members (excludes halogenated alkanes) is 2. The van der Waals surface area contributed by atoms with Crippen LogP contribution < -0.4 is 0 Å². The van der Waals surface area contributed by atoms with Gasteiger partial charge in [-0.3, -0.25) is 9.59 Å². The average molecular weight is 385 g/mol. The van der Waals surface area contributed by atoms with Crippen LogP contribution >= 0.6 is 0 Å². The van der Waals surface area contributed by atoms with Gasteiger partial charge in [0, 0.05) is 45.4 Å². The summed E-state index contributed by atoms with van der Waals surface area (Å²) in [6.45, 7) is 14.5. The van der Waals surface area contributed by atoms with Crippen LogP contribution in [0, 0.1) is 11.8 Å². The number of likely N-dealkylation sites (tertiary alicyclic amines) is 1. The van der Waals surface area contributed by atoms with E-state index in [9.17, 15) is 14.4 Å². The van der Waals surface area contributed by atoms with Gasteiger partial charge in [0.2, 0.25) is 11.8 Å². The number of rotatable bonds is 9. The minimum absolute atomic E-state index is 0.0168. The summed E-state index contributed by atoms with van der Waals surface area (Å²) in [4.78, 5) is 38.2. The molecule has 2 amide bonds. The van der Waals surface area contributed by atoms with Gasteiger partial charge in [-0.25, -0.2) is 0 Å². The Morgan fingerprint density at radius 1 is 1.07 bits per heavy atom. The lowest BCUT2D eigenvalue weighted by Gasteiger charge is -2.30. The van der Waals surface area contributed by atoms with Crippen LogP contribution in [0.15, 0.2) is 0 Å². The fourth-order valence-electron chi connectivity index (χ4n) is 2.82. The normalized spacial score (nSPS) is 14.9. The molecule has 0 N–H and O–H groups in total. The van der Waals surface area contributed by atoms with E-state index in [1.54, 1.807) is 18.9 Å². The van der Waals surface area contributed by atoms with Gasteiger partial charge in [-0.2, -0.15) is 0 Å². The van der Waals surface area contributed by atoms with E-state index in [0.717, 1.165) is 57.4 Å². The van der Waals surface area contributed by atoms with Gasteiger partial charge in [0.25, 0.3) is 0 Å². The lowest BCUT2D eigenvalue weighted by atomic mass is 9.99. The summed E-state index contributed by atoms with van der Waals surface area (Å²) in [7, 11) is 1.78. The standard InChI is InChI=1S/C18H32N2O3.2C2H6/c1-15-8-11-20(12-9-15)17(22)7-5-4-6-10-19(3)18(23)13-16(2)14-21;2*1-2/h14-16H,4-13H2,1-3H3;2*1-2H3. The van der Waals surface area contributed by atoms with Crippen LogP contribution in [0.4, 0.5) is 0 Å². The number of amides is 2. The van der Waals surface area contributed by atoms with Crippen LogP contribution in [0.1, 0.15) is 86.5 Å². The molecule has 0 bridgehead atoms. The molecule has 1 rings (SSSR count). The van der Waals surface area contributed by atoms with Gasteiger partial charge in [0.15, 0.2) is 0 Å². The Labute approximate surface area is 167 Å². The summed E-state index contributed by atoms with van der Waals surface area (Å²) < 4.78 is 0. The Bertz CT molecular complexity index is 391. The molecular weight excluding hydrogens is 340 g/mol. The van der Waals surface area contributed by atoms with E-state index in [1.807, 2.05) is 32.6 Å². The summed E-state index contributed by atoms with van der Waals surface area (Å²) in [5.41, 5.74) is 0. The molecule has 160 valence electrons. The van der Waals surface area contributed by atoms with E-state index in [4.69, 9.17) is 0 Å². The van der Waals surface area contributed by atoms with Crippen molar-refractivity contribution in [3.63, 3.8) is 0 Å². The van der Waals surface area contributed by atoms with Crippen LogP contribution in [0.25, 0.3) is 0 Å². The second kappa shape index (κ2) is 18.0. The first-order valence-corrected chi connectivity index (χ1v) is 10.9. The van der Waals surface area contributed by atoms with Crippen molar-refractivity contribution >= 4 is 18.1 Å². The van der Waals surface area contributed by atoms with E-state index >= 15 is 0 Å². The van der Waals surface area contributed by atoms with Crippen LogP contribution in [-0.2, 0) is 14.4 Å². The van der Waals surface area contributed by atoms with Crippen molar-refractivity contribution in [2.45, 2.75) is 86.5 Å². The van der Waals surface area contributed by atoms with Crippen molar-refractivity contribution in [3.8, 4) is 0 Å². The van der Waals surface area contributed by atoms with Gasteiger partial charge >= 0.3 is 0 Å². The molecule has 1 heterocycles. The molecule has 27 heavy (non-hydrogen) atoms. The van der Waals surface area contributed by atoms with E-state index in [1.165, 1.54) is 0 Å². The van der Waals surface area contributed by atoms with Crippen LogP contribution in [-0.4, -0.2) is 54.6 Å². The lowest BCUT2D eigenvalue weighted by Crippen LogP contribution is -2.37. The van der Waals surface area contributed by atoms with Gasteiger partial charge in [0.05, 0.1) is 0 Å². The van der Waals surface area contributed by atoms with Crippen molar-refractivity contribution in [2.75, 3.05) is 26.7 Å². The minimum Gasteiger partial charge on any atom is -0.346 e. The molecule has 1 aliphatic rings. The average Bonchev–Trinajstić information content (AvgIpc) is 2.70. The third kappa shape index (κ3) is 13.4. The molecule has 0 spiro atoms. The maximum absolute atomic E-state index is 12.1. The van der Waals surface area contributed by atoms with Crippen molar-refractivity contribution in [3.05, 3.63) is 0 Å². The molecule has 1 atom stereocenters. The molecule has 1 saturated heterocycles. The predicted molar refractivity (Wildman–Crippen MR) is 114 cm³/mol. The van der Waals surface area contributed by atoms with E-state index in [2.05, 4.69) is 6.92 Å². The molecule has 0 aliphatic carbocycles. The molecule has 0 radical (unpaired) electrons. The first-order chi connectivity index (χ1) is 12.9. The SMILES string of the molecule is CC.CC.CC(C=O)CC(=O)N(C)CCCCCC(=O)N1CCC(C)CC1. The van der Waals surface area contributed by atoms with E-state index in [-0.39, 0.29) is 24.2 Å². The Morgan fingerprint density at radius 2 is 1.63 bits per heavy atom. The number of carbonyl (C=O) groups is 3. The smallest absolute Gasteiger partial charge is 0.223 e. The van der Waals surface area contributed by atoms with Gasteiger partial charge in [-0.15, -0.1) is 0 Å². The van der Waals surface area contributed by atoms with Gasteiger partial charge in [-0.1, -0.05) is 48.0 Å². The maximum Gasteiger partial charge on any atom is 0.223 e. The molecular formula is C22H44N2O3. The molecule has 0 aromatic carbocycles. The zero-order valence-electron chi connectivity index (χ0n) is 18.9. The van der Waals surface area contributed by atoms with Crippen molar-refractivity contribution in [1.82, 2.24) is 9.80 Å². The van der Waals surface area contributed by atoms with Crippen LogP contribution in [0.5, 0.6) is 0 Å². The highest BCUT2D eigenvalue weighted by Crippen LogP contribution is 2.17. The third-order valence-corrected chi connectivity index (χ3v) is 4.68. The zero-order chi connectivity index (χ0) is 21.2. The monoisotopic (exact) mass is 384 g/mol. The molecule has 0 aromatic rings. The molecule has 5 heteroatoms. The summed E-state index contributed by atoms with van der Waals surface area (Å²) >= 11 is 0. The van der Waals surface area contributed by atoms with Gasteiger partial charge in [0.1, 0.15) is 6.29 Å². The summed E-state index contributed by atoms with van der Waals surface area (Å²) in [6, 6.07) is 0. The Kier molecular flexibility index (Phi) is 18.5. The Morgan fingerprint density at radius 3 is 2.15 bits per heavy atom. The highest BCUT2D eigenvalue weighted by atomic mass is 16.2. The fraction of sp³-hybridized carbons (Fsp3) is 0.864. The number of nitrogens with zero attached hydrogens (tertiary/aromatic N) is 2. The molecule has 1 aliphatic heterocycles. The molecule has 1 unspecified atom stereocenters. The highest BCUT2D eigenvalue weighted by molar-refractivity contribution is 5.78. The summed E-state index contributed by atoms with van der Waals surface area (Å²) in [6.07, 6.45) is 6.71. The minimum atomic E-state index is -0.213. The number of carbonyl (C=O) groups excluding carboxylic acids is 3. The quantitative estimate of drug-likeness (QED) is 0.433. The summed E-state index contributed by atoms with van der Waals surface area (Å²) in [5.74, 6) is 0.827. The fourth-order valence-corrected chi connectivity index (χ4v) is 2.82. The van der Waals surface area contributed by atoms with Crippen LogP contribution in [0.2, 0.25) is 0 Å². The highest BCUT2D eigenvalue weighted by Gasteiger charge is 2.19. The number of aldehydes is 1.